The van der Waals surface area contributed by atoms with Gasteiger partial charge in [0.05, 0.1) is 23.4 Å². The minimum absolute atomic E-state index is 0.297. The molecule has 2 N–H and O–H groups in total. The Morgan fingerprint density at radius 1 is 1.09 bits per heavy atom. The maximum Gasteiger partial charge on any atom is 0.160 e. The molecule has 0 radical (unpaired) electrons. The summed E-state index contributed by atoms with van der Waals surface area (Å²) in [5, 5.41) is 11.0. The predicted octanol–water partition coefficient (Wildman–Crippen LogP) is 5.47. The molecule has 0 fully saturated rings. The smallest absolute Gasteiger partial charge is 0.160 e. The van der Waals surface area contributed by atoms with E-state index in [9.17, 15) is 4.39 Å². The van der Waals surface area contributed by atoms with E-state index in [0.29, 0.717) is 11.5 Å². The summed E-state index contributed by atoms with van der Waals surface area (Å²) in [5.74, 6) is 1.25. The van der Waals surface area contributed by atoms with Gasteiger partial charge in [0.15, 0.2) is 5.65 Å². The molecule has 0 saturated heterocycles. The Kier molecular flexibility index (Phi) is 6.58. The van der Waals surface area contributed by atoms with Crippen molar-refractivity contribution in [2.75, 3.05) is 30.8 Å². The molecule has 6 nitrogen and oxygen atoms in total. The molecule has 0 saturated carbocycles. The molecule has 0 amide bonds. The van der Waals surface area contributed by atoms with Crippen molar-refractivity contribution in [2.45, 2.75) is 20.3 Å². The van der Waals surface area contributed by atoms with E-state index in [2.05, 4.69) is 41.4 Å². The minimum Gasteiger partial charge on any atom is -0.370 e. The van der Waals surface area contributed by atoms with Crippen LogP contribution in [0.1, 0.15) is 17.5 Å². The molecule has 0 atom stereocenters. The highest BCUT2D eigenvalue weighted by Crippen LogP contribution is 2.26. The van der Waals surface area contributed by atoms with Crippen molar-refractivity contribution >= 4 is 17.2 Å². The van der Waals surface area contributed by atoms with Gasteiger partial charge < -0.3 is 15.5 Å². The molecule has 170 valence electrons. The minimum atomic E-state index is -0.297. The van der Waals surface area contributed by atoms with Crippen LogP contribution in [0.3, 0.4) is 0 Å². The number of halogens is 1. The van der Waals surface area contributed by atoms with Crippen LogP contribution in [0.15, 0.2) is 73.2 Å². The van der Waals surface area contributed by atoms with Gasteiger partial charge in [-0.2, -0.15) is 9.61 Å². The maximum absolute atomic E-state index is 13.9. The molecule has 0 spiro atoms. The number of anilines is 2. The van der Waals surface area contributed by atoms with Crippen LogP contribution in [0.4, 0.5) is 15.9 Å². The zero-order valence-electron chi connectivity index (χ0n) is 19.3. The summed E-state index contributed by atoms with van der Waals surface area (Å²) in [7, 11) is 1.94. The first-order chi connectivity index (χ1) is 15.9. The molecule has 33 heavy (non-hydrogen) atoms. The van der Waals surface area contributed by atoms with Crippen molar-refractivity contribution in [1.29, 1.82) is 0 Å². The molecule has 4 rings (SSSR count). The quantitative estimate of drug-likeness (QED) is 0.335. The Balaban J connectivity index is 1.41. The van der Waals surface area contributed by atoms with Crippen LogP contribution in [-0.2, 0) is 0 Å². The molecule has 2 aromatic heterocycles. The molecule has 0 aliphatic heterocycles. The van der Waals surface area contributed by atoms with E-state index in [-0.39, 0.29) is 5.82 Å². The molecule has 2 aromatic carbocycles. The zero-order valence-corrected chi connectivity index (χ0v) is 19.3. The molecule has 0 aliphatic carbocycles. The average Bonchev–Trinajstić information content (AvgIpc) is 3.19. The second kappa shape index (κ2) is 9.73. The van der Waals surface area contributed by atoms with E-state index >= 15 is 0 Å². The van der Waals surface area contributed by atoms with Crippen molar-refractivity contribution in [3.05, 3.63) is 90.1 Å². The number of rotatable bonds is 9. The fraction of sp³-hybridized carbons (Fsp3) is 0.231. The molecule has 2 heterocycles. The molecule has 0 aliphatic rings. The van der Waals surface area contributed by atoms with Gasteiger partial charge in [-0.05, 0) is 38.0 Å². The molecular weight excluding hydrogens is 415 g/mol. The van der Waals surface area contributed by atoms with Gasteiger partial charge in [-0.1, -0.05) is 43.0 Å². The first kappa shape index (κ1) is 22.3. The lowest BCUT2D eigenvalue weighted by Gasteiger charge is -2.23. The van der Waals surface area contributed by atoms with Gasteiger partial charge in [-0.15, -0.1) is 0 Å². The number of hydrogen-bond acceptors (Lipinski definition) is 5. The van der Waals surface area contributed by atoms with Gasteiger partial charge in [0, 0.05) is 37.3 Å². The van der Waals surface area contributed by atoms with Gasteiger partial charge in [-0.3, -0.25) is 0 Å². The monoisotopic (exact) mass is 444 g/mol. The third-order valence-electron chi connectivity index (χ3n) is 5.66. The number of nitrogens with zero attached hydrogens (tertiary/aromatic N) is 4. The highest BCUT2D eigenvalue weighted by atomic mass is 19.1. The second-order valence-corrected chi connectivity index (χ2v) is 8.16. The number of aryl methyl sites for hydroxylation is 2. The van der Waals surface area contributed by atoms with E-state index in [0.717, 1.165) is 47.8 Å². The summed E-state index contributed by atoms with van der Waals surface area (Å²) in [4.78, 5) is 6.83. The lowest BCUT2D eigenvalue weighted by atomic mass is 10.1. The number of para-hydroxylation sites is 1. The molecule has 0 bridgehead atoms. The number of nitrogens with one attached hydrogen (secondary N) is 2. The topological polar surface area (TPSA) is 57.5 Å². The second-order valence-electron chi connectivity index (χ2n) is 8.16. The number of benzene rings is 2. The van der Waals surface area contributed by atoms with E-state index in [1.807, 2.05) is 47.8 Å². The lowest BCUT2D eigenvalue weighted by molar-refractivity contribution is 0.418. The lowest BCUT2D eigenvalue weighted by Crippen LogP contribution is -2.25. The summed E-state index contributed by atoms with van der Waals surface area (Å²) >= 11 is 0. The molecule has 7 heteroatoms. The van der Waals surface area contributed by atoms with Crippen molar-refractivity contribution in [1.82, 2.24) is 19.5 Å². The first-order valence-corrected chi connectivity index (χ1v) is 11.0. The van der Waals surface area contributed by atoms with E-state index in [1.165, 1.54) is 11.6 Å². The standard InChI is InChI=1S/C26H29FN6/c1-18-10-5-6-11-21(18)24-16-25(33-26(31-24)19(2)17-29-33)28-14-9-15-32(4)20(3)30-23-13-8-7-12-22(23)27/h5-8,10-13,16-17,28,30H,3,9,14-15H2,1-2,4H3. The van der Waals surface area contributed by atoms with Crippen molar-refractivity contribution < 1.29 is 4.39 Å². The maximum atomic E-state index is 13.9. The van der Waals surface area contributed by atoms with Gasteiger partial charge in [0.2, 0.25) is 0 Å². The van der Waals surface area contributed by atoms with E-state index in [4.69, 9.17) is 4.98 Å². The average molecular weight is 445 g/mol. The van der Waals surface area contributed by atoms with Gasteiger partial charge >= 0.3 is 0 Å². The van der Waals surface area contributed by atoms with Crippen molar-refractivity contribution in [2.24, 2.45) is 0 Å². The van der Waals surface area contributed by atoms with Crippen LogP contribution in [0.2, 0.25) is 0 Å². The summed E-state index contributed by atoms with van der Waals surface area (Å²) in [6, 6.07) is 16.9. The van der Waals surface area contributed by atoms with Crippen LogP contribution >= 0.6 is 0 Å². The Hall–Kier alpha value is -3.87. The summed E-state index contributed by atoms with van der Waals surface area (Å²) in [5.41, 5.74) is 5.51. The largest absolute Gasteiger partial charge is 0.370 e. The van der Waals surface area contributed by atoms with Crippen LogP contribution in [0, 0.1) is 19.7 Å². The third kappa shape index (κ3) is 4.98. The van der Waals surface area contributed by atoms with Crippen LogP contribution in [0.5, 0.6) is 0 Å². The fourth-order valence-corrected chi connectivity index (χ4v) is 3.68. The van der Waals surface area contributed by atoms with E-state index in [1.54, 1.807) is 18.2 Å². The summed E-state index contributed by atoms with van der Waals surface area (Å²) in [6.07, 6.45) is 2.69. The Bertz CT molecular complexity index is 1280. The SMILES string of the molecule is C=C(Nc1ccccc1F)N(C)CCCNc1cc(-c2ccccc2C)nc2c(C)cnn12. The van der Waals surface area contributed by atoms with Crippen LogP contribution in [0.25, 0.3) is 16.9 Å². The first-order valence-electron chi connectivity index (χ1n) is 11.0. The molecule has 0 unspecified atom stereocenters. The van der Waals surface area contributed by atoms with Crippen molar-refractivity contribution in [3.8, 4) is 11.3 Å². The number of fused-ring (bicyclic) bond motifs is 1. The summed E-state index contributed by atoms with van der Waals surface area (Å²) < 4.78 is 15.7. The summed E-state index contributed by atoms with van der Waals surface area (Å²) in [6.45, 7) is 9.63. The number of aromatic nitrogens is 3. The Labute approximate surface area is 193 Å². The normalized spacial score (nSPS) is 10.9. The predicted molar refractivity (Wildman–Crippen MR) is 133 cm³/mol. The fourth-order valence-electron chi connectivity index (χ4n) is 3.68. The van der Waals surface area contributed by atoms with Gasteiger partial charge in [-0.25, -0.2) is 9.37 Å². The molecular formula is C26H29FN6. The zero-order chi connectivity index (χ0) is 23.4. The Morgan fingerprint density at radius 3 is 2.64 bits per heavy atom. The van der Waals surface area contributed by atoms with Crippen LogP contribution in [-0.4, -0.2) is 39.6 Å². The van der Waals surface area contributed by atoms with E-state index < -0.39 is 0 Å². The highest BCUT2D eigenvalue weighted by Gasteiger charge is 2.12. The highest BCUT2D eigenvalue weighted by molar-refractivity contribution is 5.70. The van der Waals surface area contributed by atoms with Crippen molar-refractivity contribution in [3.63, 3.8) is 0 Å². The van der Waals surface area contributed by atoms with Crippen LogP contribution < -0.4 is 10.6 Å². The Morgan fingerprint density at radius 2 is 1.85 bits per heavy atom. The molecule has 4 aromatic rings. The third-order valence-corrected chi connectivity index (χ3v) is 5.66. The van der Waals surface area contributed by atoms with Gasteiger partial charge in [0.1, 0.15) is 11.6 Å². The van der Waals surface area contributed by atoms with Gasteiger partial charge in [0.25, 0.3) is 0 Å². The number of hydrogen-bond donors (Lipinski definition) is 2.